The molecule has 1 aromatic carbocycles. The van der Waals surface area contributed by atoms with Crippen molar-refractivity contribution in [2.75, 3.05) is 33.4 Å². The number of nitrogens with zero attached hydrogens (tertiary/aromatic N) is 1. The number of methoxy groups -OCH3 is 1. The van der Waals surface area contributed by atoms with Gasteiger partial charge in [0, 0.05) is 19.0 Å². The Morgan fingerprint density at radius 1 is 1.26 bits per heavy atom. The van der Waals surface area contributed by atoms with E-state index >= 15 is 0 Å². The lowest BCUT2D eigenvalue weighted by Crippen LogP contribution is -2.50. The Balaban J connectivity index is 2.19. The quantitative estimate of drug-likeness (QED) is 0.775. The van der Waals surface area contributed by atoms with Crippen molar-refractivity contribution in [3.05, 3.63) is 35.9 Å². The number of hydrogen-bond donors (Lipinski definition) is 0. The molecule has 1 heterocycles. The van der Waals surface area contributed by atoms with Crippen LogP contribution >= 0.6 is 0 Å². The van der Waals surface area contributed by atoms with Crippen molar-refractivity contribution in [3.8, 4) is 0 Å². The topological polar surface area (TPSA) is 38.8 Å². The van der Waals surface area contributed by atoms with Crippen LogP contribution in [0.15, 0.2) is 30.3 Å². The van der Waals surface area contributed by atoms with Gasteiger partial charge in [0.25, 0.3) is 0 Å². The molecule has 1 aliphatic heterocycles. The smallest absolute Gasteiger partial charge is 0.323 e. The molecule has 1 aromatic rings. The minimum atomic E-state index is -0.240. The van der Waals surface area contributed by atoms with Crippen LogP contribution in [0.25, 0.3) is 0 Å². The molecular formula is C15H21NO3. The third-order valence-corrected chi connectivity index (χ3v) is 3.68. The Hall–Kier alpha value is -1.39. The lowest BCUT2D eigenvalue weighted by atomic mass is 9.92. The number of carbonyl (C=O) groups is 1. The molecule has 104 valence electrons. The van der Waals surface area contributed by atoms with Crippen LogP contribution in [0.4, 0.5) is 0 Å². The highest BCUT2D eigenvalue weighted by Crippen LogP contribution is 2.24. The highest BCUT2D eigenvalue weighted by atomic mass is 16.5. The van der Waals surface area contributed by atoms with Crippen LogP contribution in [-0.2, 0) is 14.3 Å². The van der Waals surface area contributed by atoms with Gasteiger partial charge in [-0.05, 0) is 5.56 Å². The summed E-state index contributed by atoms with van der Waals surface area (Å²) in [6.07, 6.45) is 0. The summed E-state index contributed by atoms with van der Waals surface area (Å²) < 4.78 is 10.3. The first-order valence-electron chi connectivity index (χ1n) is 6.68. The van der Waals surface area contributed by atoms with Crippen molar-refractivity contribution in [2.45, 2.75) is 18.9 Å². The predicted octanol–water partition coefficient (Wildman–Crippen LogP) is 1.66. The van der Waals surface area contributed by atoms with Crippen LogP contribution in [0.3, 0.4) is 0 Å². The first kappa shape index (κ1) is 14.0. The number of hydrogen-bond acceptors (Lipinski definition) is 4. The fourth-order valence-electron chi connectivity index (χ4n) is 2.58. The van der Waals surface area contributed by atoms with Gasteiger partial charge in [-0.15, -0.1) is 0 Å². The van der Waals surface area contributed by atoms with Gasteiger partial charge in [0.05, 0.1) is 20.3 Å². The Kier molecular flexibility index (Phi) is 4.93. The minimum Gasteiger partial charge on any atom is -0.468 e. The summed E-state index contributed by atoms with van der Waals surface area (Å²) in [6, 6.07) is 9.86. The van der Waals surface area contributed by atoms with Gasteiger partial charge in [0.15, 0.2) is 0 Å². The van der Waals surface area contributed by atoms with Crippen molar-refractivity contribution in [2.24, 2.45) is 0 Å². The van der Waals surface area contributed by atoms with Gasteiger partial charge in [-0.3, -0.25) is 9.69 Å². The van der Waals surface area contributed by atoms with Crippen molar-refractivity contribution in [1.82, 2.24) is 4.90 Å². The molecule has 4 nitrogen and oxygen atoms in total. The van der Waals surface area contributed by atoms with E-state index in [0.29, 0.717) is 13.2 Å². The van der Waals surface area contributed by atoms with Crippen molar-refractivity contribution in [1.29, 1.82) is 0 Å². The van der Waals surface area contributed by atoms with E-state index in [1.807, 2.05) is 18.2 Å². The summed E-state index contributed by atoms with van der Waals surface area (Å²) in [5.74, 6) is -0.0648. The molecule has 0 bridgehead atoms. The molecule has 2 rings (SSSR count). The number of ether oxygens (including phenoxy) is 2. The highest BCUT2D eigenvalue weighted by molar-refractivity contribution is 5.77. The fraction of sp³-hybridized carbons (Fsp3) is 0.533. The third-order valence-electron chi connectivity index (χ3n) is 3.68. The van der Waals surface area contributed by atoms with Gasteiger partial charge in [-0.2, -0.15) is 0 Å². The normalized spacial score (nSPS) is 19.7. The third kappa shape index (κ3) is 3.33. The average Bonchev–Trinajstić information content (AvgIpc) is 2.49. The van der Waals surface area contributed by atoms with Gasteiger partial charge >= 0.3 is 5.97 Å². The number of esters is 1. The molecule has 1 unspecified atom stereocenters. The van der Waals surface area contributed by atoms with Crippen LogP contribution in [0.1, 0.15) is 18.4 Å². The van der Waals surface area contributed by atoms with Crippen LogP contribution < -0.4 is 0 Å². The van der Waals surface area contributed by atoms with E-state index in [2.05, 4.69) is 24.0 Å². The van der Waals surface area contributed by atoms with E-state index in [9.17, 15) is 4.79 Å². The Labute approximate surface area is 114 Å². The average molecular weight is 263 g/mol. The summed E-state index contributed by atoms with van der Waals surface area (Å²) >= 11 is 0. The maximum absolute atomic E-state index is 12.1. The Morgan fingerprint density at radius 2 is 1.89 bits per heavy atom. The SMILES string of the molecule is COC(=O)C([C@H](C)c1ccccc1)N1CCOCC1. The first-order valence-corrected chi connectivity index (χ1v) is 6.68. The zero-order chi connectivity index (χ0) is 13.7. The van der Waals surface area contributed by atoms with Crippen LogP contribution in [0, 0.1) is 0 Å². The standard InChI is InChI=1S/C15H21NO3/c1-12(13-6-4-3-5-7-13)14(15(17)18-2)16-8-10-19-11-9-16/h3-7,12,14H,8-11H2,1-2H3/t12-,14?/m1/s1. The molecule has 0 aliphatic carbocycles. The van der Waals surface area contributed by atoms with E-state index in [-0.39, 0.29) is 17.9 Å². The molecule has 1 aliphatic rings. The first-order chi connectivity index (χ1) is 9.24. The van der Waals surface area contributed by atoms with Crippen molar-refractivity contribution in [3.63, 3.8) is 0 Å². The second-order valence-corrected chi connectivity index (χ2v) is 4.82. The van der Waals surface area contributed by atoms with Gasteiger partial charge in [-0.1, -0.05) is 37.3 Å². The molecule has 1 fully saturated rings. The number of benzene rings is 1. The predicted molar refractivity (Wildman–Crippen MR) is 73.1 cm³/mol. The fourth-order valence-corrected chi connectivity index (χ4v) is 2.58. The molecule has 0 N–H and O–H groups in total. The van der Waals surface area contributed by atoms with Gasteiger partial charge < -0.3 is 9.47 Å². The summed E-state index contributed by atoms with van der Waals surface area (Å²) in [7, 11) is 1.45. The summed E-state index contributed by atoms with van der Waals surface area (Å²) in [5.41, 5.74) is 1.16. The molecule has 0 radical (unpaired) electrons. The van der Waals surface area contributed by atoms with Crippen molar-refractivity contribution < 1.29 is 14.3 Å². The van der Waals surface area contributed by atoms with E-state index in [0.717, 1.165) is 18.7 Å². The lowest BCUT2D eigenvalue weighted by molar-refractivity contribution is -0.149. The summed E-state index contributed by atoms with van der Waals surface area (Å²) in [5, 5.41) is 0. The zero-order valence-electron chi connectivity index (χ0n) is 11.5. The Morgan fingerprint density at radius 3 is 2.47 bits per heavy atom. The molecule has 0 spiro atoms. The maximum Gasteiger partial charge on any atom is 0.323 e. The largest absolute Gasteiger partial charge is 0.468 e. The van der Waals surface area contributed by atoms with Crippen LogP contribution in [0.2, 0.25) is 0 Å². The van der Waals surface area contributed by atoms with E-state index in [1.54, 1.807) is 0 Å². The van der Waals surface area contributed by atoms with Gasteiger partial charge in [0.2, 0.25) is 0 Å². The number of carbonyl (C=O) groups excluding carboxylic acids is 1. The highest BCUT2D eigenvalue weighted by Gasteiger charge is 2.33. The summed E-state index contributed by atoms with van der Waals surface area (Å²) in [6.45, 7) is 4.98. The minimum absolute atomic E-state index is 0.103. The molecule has 4 heteroatoms. The van der Waals surface area contributed by atoms with E-state index in [1.165, 1.54) is 7.11 Å². The summed E-state index contributed by atoms with van der Waals surface area (Å²) in [4.78, 5) is 14.3. The number of morpholine rings is 1. The number of rotatable bonds is 4. The monoisotopic (exact) mass is 263 g/mol. The molecule has 0 amide bonds. The van der Waals surface area contributed by atoms with Crippen molar-refractivity contribution >= 4 is 5.97 Å². The molecular weight excluding hydrogens is 242 g/mol. The molecule has 0 aromatic heterocycles. The molecule has 0 saturated carbocycles. The molecule has 19 heavy (non-hydrogen) atoms. The lowest BCUT2D eigenvalue weighted by Gasteiger charge is -2.36. The van der Waals surface area contributed by atoms with Gasteiger partial charge in [-0.25, -0.2) is 0 Å². The second-order valence-electron chi connectivity index (χ2n) is 4.82. The van der Waals surface area contributed by atoms with Gasteiger partial charge in [0.1, 0.15) is 6.04 Å². The zero-order valence-corrected chi connectivity index (χ0v) is 11.5. The molecule has 1 saturated heterocycles. The van der Waals surface area contributed by atoms with E-state index in [4.69, 9.17) is 9.47 Å². The van der Waals surface area contributed by atoms with E-state index < -0.39 is 0 Å². The second kappa shape index (κ2) is 6.68. The van der Waals surface area contributed by atoms with Crippen LogP contribution in [0.5, 0.6) is 0 Å². The maximum atomic E-state index is 12.1. The van der Waals surface area contributed by atoms with Crippen LogP contribution in [-0.4, -0.2) is 50.3 Å². The molecule has 2 atom stereocenters. The Bertz CT molecular complexity index is 401.